The molecule has 0 aliphatic carbocycles. The van der Waals surface area contributed by atoms with E-state index in [-0.39, 0.29) is 24.1 Å². The van der Waals surface area contributed by atoms with E-state index in [2.05, 4.69) is 24.0 Å². The largest absolute Gasteiger partial charge is 0.369 e. The lowest BCUT2D eigenvalue weighted by Gasteiger charge is -2.43. The molecule has 23 heavy (non-hydrogen) atoms. The fourth-order valence-electron chi connectivity index (χ4n) is 3.24. The highest BCUT2D eigenvalue weighted by atomic mass is 32.1. The molecule has 1 amide bonds. The van der Waals surface area contributed by atoms with Gasteiger partial charge in [-0.25, -0.2) is 4.98 Å². The third-order valence-corrected chi connectivity index (χ3v) is 5.11. The van der Waals surface area contributed by atoms with Crippen molar-refractivity contribution >= 4 is 17.2 Å². The Kier molecular flexibility index (Phi) is 4.78. The molecule has 0 N–H and O–H groups in total. The summed E-state index contributed by atoms with van der Waals surface area (Å²) in [5.74, 6) is 0.125. The van der Waals surface area contributed by atoms with Crippen LogP contribution in [0.25, 0.3) is 0 Å². The van der Waals surface area contributed by atoms with Crippen LogP contribution in [0.2, 0.25) is 0 Å². The minimum absolute atomic E-state index is 0.00776. The van der Waals surface area contributed by atoms with Crippen molar-refractivity contribution in [2.75, 3.05) is 6.61 Å². The molecule has 1 saturated heterocycles. The minimum atomic E-state index is -0.0754. The Morgan fingerprint density at radius 3 is 2.74 bits per heavy atom. The second kappa shape index (κ2) is 6.81. The monoisotopic (exact) mass is 330 g/mol. The summed E-state index contributed by atoms with van der Waals surface area (Å²) in [6.45, 7) is 6.63. The number of nitrogens with zero attached hydrogens (tertiary/aromatic N) is 2. The van der Waals surface area contributed by atoms with Crippen LogP contribution in [-0.4, -0.2) is 34.5 Å². The zero-order chi connectivity index (χ0) is 16.4. The van der Waals surface area contributed by atoms with E-state index in [1.54, 1.807) is 11.3 Å². The number of carbonyl (C=O) groups is 1. The van der Waals surface area contributed by atoms with Crippen molar-refractivity contribution in [3.63, 3.8) is 0 Å². The minimum Gasteiger partial charge on any atom is -0.369 e. The van der Waals surface area contributed by atoms with Gasteiger partial charge in [-0.1, -0.05) is 30.3 Å². The molecule has 1 aromatic heterocycles. The molecule has 0 unspecified atom stereocenters. The summed E-state index contributed by atoms with van der Waals surface area (Å²) in [5.41, 5.74) is 1.98. The molecule has 0 spiro atoms. The van der Waals surface area contributed by atoms with Crippen LogP contribution < -0.4 is 0 Å². The first-order chi connectivity index (χ1) is 11.1. The zero-order valence-electron chi connectivity index (χ0n) is 13.7. The van der Waals surface area contributed by atoms with Gasteiger partial charge >= 0.3 is 0 Å². The topological polar surface area (TPSA) is 42.4 Å². The van der Waals surface area contributed by atoms with E-state index in [0.717, 1.165) is 16.3 Å². The predicted octanol–water partition coefficient (Wildman–Crippen LogP) is 3.37. The van der Waals surface area contributed by atoms with Crippen molar-refractivity contribution in [2.24, 2.45) is 0 Å². The van der Waals surface area contributed by atoms with Crippen LogP contribution in [0.15, 0.2) is 35.7 Å². The Hall–Kier alpha value is -1.72. The average molecular weight is 330 g/mol. The first kappa shape index (κ1) is 16.1. The standard InChI is InChI=1S/C18H22N2O2S/c1-12-10-22-18(15-7-5-4-6-8-15)13(2)20(12)17(21)9-16-11-23-14(3)19-16/h4-8,11-13,18H,9-10H2,1-3H3/t12-,13-,18-/m1/s1. The summed E-state index contributed by atoms with van der Waals surface area (Å²) in [6.07, 6.45) is 0.286. The van der Waals surface area contributed by atoms with E-state index < -0.39 is 0 Å². The van der Waals surface area contributed by atoms with Gasteiger partial charge in [-0.2, -0.15) is 0 Å². The van der Waals surface area contributed by atoms with Crippen molar-refractivity contribution in [1.29, 1.82) is 0 Å². The number of ether oxygens (including phenoxy) is 1. The highest BCUT2D eigenvalue weighted by Crippen LogP contribution is 2.31. The molecule has 0 bridgehead atoms. The molecule has 0 saturated carbocycles. The molecular formula is C18H22N2O2S. The lowest BCUT2D eigenvalue weighted by atomic mass is 9.98. The van der Waals surface area contributed by atoms with Crippen molar-refractivity contribution in [3.8, 4) is 0 Å². The first-order valence-electron chi connectivity index (χ1n) is 7.95. The van der Waals surface area contributed by atoms with Gasteiger partial charge in [-0.3, -0.25) is 4.79 Å². The number of hydrogen-bond donors (Lipinski definition) is 0. The fourth-order valence-corrected chi connectivity index (χ4v) is 3.85. The van der Waals surface area contributed by atoms with E-state index in [0.29, 0.717) is 13.0 Å². The van der Waals surface area contributed by atoms with Crippen LogP contribution in [-0.2, 0) is 16.0 Å². The fraction of sp³-hybridized carbons (Fsp3) is 0.444. The Morgan fingerprint density at radius 2 is 2.09 bits per heavy atom. The van der Waals surface area contributed by atoms with Crippen LogP contribution in [0, 0.1) is 6.92 Å². The summed E-state index contributed by atoms with van der Waals surface area (Å²) in [6, 6.07) is 10.2. The average Bonchev–Trinajstić information content (AvgIpc) is 2.93. The van der Waals surface area contributed by atoms with E-state index in [4.69, 9.17) is 4.74 Å². The van der Waals surface area contributed by atoms with E-state index in [1.807, 2.05) is 42.3 Å². The molecule has 2 aromatic rings. The number of hydrogen-bond acceptors (Lipinski definition) is 4. The lowest BCUT2D eigenvalue weighted by molar-refractivity contribution is -0.152. The molecule has 2 heterocycles. The van der Waals surface area contributed by atoms with Crippen LogP contribution in [0.3, 0.4) is 0 Å². The van der Waals surface area contributed by atoms with Gasteiger partial charge < -0.3 is 9.64 Å². The Labute approximate surface area is 141 Å². The van der Waals surface area contributed by atoms with E-state index in [1.165, 1.54) is 0 Å². The highest BCUT2D eigenvalue weighted by Gasteiger charge is 2.37. The molecule has 1 aromatic carbocycles. The van der Waals surface area contributed by atoms with Gasteiger partial charge in [0, 0.05) is 5.38 Å². The molecule has 0 radical (unpaired) electrons. The van der Waals surface area contributed by atoms with Gasteiger partial charge in [0.15, 0.2) is 0 Å². The summed E-state index contributed by atoms with van der Waals surface area (Å²) in [5, 5.41) is 2.97. The molecule has 1 fully saturated rings. The molecule has 3 atom stereocenters. The number of amides is 1. The lowest BCUT2D eigenvalue weighted by Crippen LogP contribution is -2.54. The zero-order valence-corrected chi connectivity index (χ0v) is 14.5. The van der Waals surface area contributed by atoms with Gasteiger partial charge in [0.1, 0.15) is 6.10 Å². The summed E-state index contributed by atoms with van der Waals surface area (Å²) in [4.78, 5) is 19.2. The third-order valence-electron chi connectivity index (χ3n) is 4.28. The molecule has 1 aliphatic rings. The molecular weight excluding hydrogens is 308 g/mol. The highest BCUT2D eigenvalue weighted by molar-refractivity contribution is 7.09. The molecule has 5 heteroatoms. The van der Waals surface area contributed by atoms with Crippen molar-refractivity contribution in [2.45, 2.75) is 45.4 Å². The maximum atomic E-state index is 12.8. The van der Waals surface area contributed by atoms with Crippen LogP contribution in [0.4, 0.5) is 0 Å². The number of aromatic nitrogens is 1. The Morgan fingerprint density at radius 1 is 1.35 bits per heavy atom. The molecule has 1 aliphatic heterocycles. The van der Waals surface area contributed by atoms with Crippen LogP contribution in [0.1, 0.15) is 36.2 Å². The van der Waals surface area contributed by atoms with Crippen molar-refractivity contribution in [3.05, 3.63) is 52.0 Å². The van der Waals surface area contributed by atoms with Crippen molar-refractivity contribution < 1.29 is 9.53 Å². The predicted molar refractivity (Wildman–Crippen MR) is 91.5 cm³/mol. The normalized spacial score (nSPS) is 24.7. The maximum absolute atomic E-state index is 12.8. The maximum Gasteiger partial charge on any atom is 0.229 e. The Balaban J connectivity index is 1.77. The van der Waals surface area contributed by atoms with Gasteiger partial charge in [0.25, 0.3) is 0 Å². The summed E-state index contributed by atoms with van der Waals surface area (Å²) >= 11 is 1.59. The van der Waals surface area contributed by atoms with E-state index >= 15 is 0 Å². The number of rotatable bonds is 3. The molecule has 4 nitrogen and oxygen atoms in total. The first-order valence-corrected chi connectivity index (χ1v) is 8.83. The van der Waals surface area contributed by atoms with Gasteiger partial charge in [-0.15, -0.1) is 11.3 Å². The SMILES string of the molecule is Cc1nc(CC(=O)N2[C@H](C)CO[C@@H](c3ccccc3)[C@H]2C)cs1. The number of thiazole rings is 1. The second-order valence-corrected chi connectivity index (χ2v) is 7.15. The van der Waals surface area contributed by atoms with Crippen LogP contribution >= 0.6 is 11.3 Å². The van der Waals surface area contributed by atoms with E-state index in [9.17, 15) is 4.79 Å². The molecule has 122 valence electrons. The second-order valence-electron chi connectivity index (χ2n) is 6.09. The van der Waals surface area contributed by atoms with Gasteiger partial charge in [0.05, 0.1) is 35.8 Å². The quantitative estimate of drug-likeness (QED) is 0.866. The number of morpholine rings is 1. The Bertz CT molecular complexity index is 671. The van der Waals surface area contributed by atoms with Crippen LogP contribution in [0.5, 0.6) is 0 Å². The smallest absolute Gasteiger partial charge is 0.229 e. The third kappa shape index (κ3) is 3.46. The number of benzene rings is 1. The van der Waals surface area contributed by atoms with Gasteiger partial charge in [0.2, 0.25) is 5.91 Å². The summed E-state index contributed by atoms with van der Waals surface area (Å²) in [7, 11) is 0. The summed E-state index contributed by atoms with van der Waals surface area (Å²) < 4.78 is 6.02. The number of aryl methyl sites for hydroxylation is 1. The number of carbonyl (C=O) groups excluding carboxylic acids is 1. The molecule has 3 rings (SSSR count). The van der Waals surface area contributed by atoms with Crippen molar-refractivity contribution in [1.82, 2.24) is 9.88 Å². The van der Waals surface area contributed by atoms with Gasteiger partial charge in [-0.05, 0) is 26.3 Å².